The highest BCUT2D eigenvalue weighted by Gasteiger charge is 2.16. The fourth-order valence-electron chi connectivity index (χ4n) is 1.95. The molecule has 0 spiro atoms. The second-order valence-electron chi connectivity index (χ2n) is 5.38. The molecule has 3 nitrogen and oxygen atoms in total. The van der Waals surface area contributed by atoms with Crippen LogP contribution < -0.4 is 0 Å². The molecule has 0 atom stereocenters. The van der Waals surface area contributed by atoms with Gasteiger partial charge in [0.05, 0.1) is 0 Å². The van der Waals surface area contributed by atoms with E-state index in [1.54, 1.807) is 0 Å². The third-order valence-electron chi connectivity index (χ3n) is 3.63. The molecule has 0 aromatic carbocycles. The number of hydrogen-bond acceptors (Lipinski definition) is 2. The topological polar surface area (TPSA) is 30.3 Å². The van der Waals surface area contributed by atoms with Gasteiger partial charge in [0.25, 0.3) is 0 Å². The van der Waals surface area contributed by atoms with Crippen molar-refractivity contribution in [1.82, 2.24) is 9.80 Å². The summed E-state index contributed by atoms with van der Waals surface area (Å²) < 4.78 is 1.06. The van der Waals surface area contributed by atoms with Crippen LogP contribution >= 0.6 is 15.9 Å². The van der Waals surface area contributed by atoms with Gasteiger partial charge in [0, 0.05) is 30.7 Å². The predicted octanol–water partition coefficient (Wildman–Crippen LogP) is 4.82. The van der Waals surface area contributed by atoms with Gasteiger partial charge in [-0.15, -0.1) is 0 Å². The number of hydrogen-bond donors (Lipinski definition) is 1. The molecule has 0 aromatic rings. The van der Waals surface area contributed by atoms with Gasteiger partial charge >= 0.3 is 0 Å². The minimum atomic E-state index is 0.644. The van der Waals surface area contributed by atoms with Crippen molar-refractivity contribution in [3.63, 3.8) is 0 Å². The van der Waals surface area contributed by atoms with Crippen molar-refractivity contribution < 1.29 is 0 Å². The standard InChI is InChI=1S/C16H26BrN3.C2H6/c1-5-13(2)12-15(17)7-6-14(3)16(18)20-10-8-19(4)9-11-20;1-2/h6-7,12,18H,5,8-11H2,1-4H3;1-2H3/b13-12+,14-6+,15-7+,18-16?;. The summed E-state index contributed by atoms with van der Waals surface area (Å²) in [6.07, 6.45) is 7.23. The summed E-state index contributed by atoms with van der Waals surface area (Å²) in [4.78, 5) is 4.46. The highest BCUT2D eigenvalue weighted by Crippen LogP contribution is 2.13. The lowest BCUT2D eigenvalue weighted by Gasteiger charge is -2.34. The molecular weight excluding hydrogens is 338 g/mol. The van der Waals surface area contributed by atoms with Crippen LogP contribution in [0.5, 0.6) is 0 Å². The molecule has 126 valence electrons. The van der Waals surface area contributed by atoms with E-state index in [1.165, 1.54) is 5.57 Å². The fraction of sp³-hybridized carbons (Fsp3) is 0.611. The first kappa shape index (κ1) is 21.1. The van der Waals surface area contributed by atoms with Crippen molar-refractivity contribution in [2.24, 2.45) is 0 Å². The quantitative estimate of drug-likeness (QED) is 0.437. The summed E-state index contributed by atoms with van der Waals surface area (Å²) in [6.45, 7) is 14.2. The number of nitrogens with one attached hydrogen (secondary N) is 1. The summed E-state index contributed by atoms with van der Waals surface area (Å²) in [5.41, 5.74) is 2.35. The van der Waals surface area contributed by atoms with E-state index in [2.05, 4.69) is 52.7 Å². The van der Waals surface area contributed by atoms with Gasteiger partial charge in [0.1, 0.15) is 5.84 Å². The first-order valence-electron chi connectivity index (χ1n) is 8.17. The average Bonchev–Trinajstić information content (AvgIpc) is 2.54. The molecule has 0 aromatic heterocycles. The summed E-state index contributed by atoms with van der Waals surface area (Å²) in [7, 11) is 2.13. The Labute approximate surface area is 145 Å². The minimum Gasteiger partial charge on any atom is -0.354 e. The van der Waals surface area contributed by atoms with Gasteiger partial charge in [0.15, 0.2) is 0 Å². The molecule has 4 heteroatoms. The Balaban J connectivity index is 0.00000211. The van der Waals surface area contributed by atoms with Crippen molar-refractivity contribution in [3.05, 3.63) is 33.9 Å². The maximum Gasteiger partial charge on any atom is 0.123 e. The number of rotatable bonds is 4. The van der Waals surface area contributed by atoms with Gasteiger partial charge in [-0.3, -0.25) is 5.41 Å². The van der Waals surface area contributed by atoms with Crippen molar-refractivity contribution in [1.29, 1.82) is 5.41 Å². The third kappa shape index (κ3) is 7.95. The molecule has 1 aliphatic heterocycles. The van der Waals surface area contributed by atoms with E-state index in [4.69, 9.17) is 5.41 Å². The fourth-order valence-corrected chi connectivity index (χ4v) is 2.47. The molecule has 22 heavy (non-hydrogen) atoms. The Hall–Kier alpha value is -0.870. The van der Waals surface area contributed by atoms with Crippen LogP contribution in [0.25, 0.3) is 0 Å². The van der Waals surface area contributed by atoms with Crippen LogP contribution in [0.4, 0.5) is 0 Å². The van der Waals surface area contributed by atoms with Crippen LogP contribution in [0, 0.1) is 5.41 Å². The van der Waals surface area contributed by atoms with Gasteiger partial charge in [-0.25, -0.2) is 0 Å². The molecule has 0 radical (unpaired) electrons. The zero-order valence-electron chi connectivity index (χ0n) is 15.0. The number of likely N-dealkylation sites (N-methyl/N-ethyl adjacent to an activating group) is 1. The van der Waals surface area contributed by atoms with Crippen LogP contribution in [0.15, 0.2) is 33.9 Å². The lowest BCUT2D eigenvalue weighted by molar-refractivity contribution is 0.215. The lowest BCUT2D eigenvalue weighted by Crippen LogP contribution is -2.47. The monoisotopic (exact) mass is 369 g/mol. The van der Waals surface area contributed by atoms with Crippen LogP contribution in [0.1, 0.15) is 41.0 Å². The van der Waals surface area contributed by atoms with Gasteiger partial charge in [-0.1, -0.05) is 48.4 Å². The Morgan fingerprint density at radius 1 is 1.09 bits per heavy atom. The summed E-state index contributed by atoms with van der Waals surface area (Å²) in [6, 6.07) is 0. The Morgan fingerprint density at radius 3 is 2.14 bits per heavy atom. The molecule has 0 aliphatic carbocycles. The summed E-state index contributed by atoms with van der Waals surface area (Å²) in [5, 5.41) is 8.26. The van der Waals surface area contributed by atoms with E-state index in [0.29, 0.717) is 5.84 Å². The van der Waals surface area contributed by atoms with Crippen molar-refractivity contribution >= 4 is 21.8 Å². The normalized spacial score (nSPS) is 18.0. The van der Waals surface area contributed by atoms with Crippen molar-refractivity contribution in [2.45, 2.75) is 41.0 Å². The molecule has 0 bridgehead atoms. The molecular formula is C18H32BrN3. The van der Waals surface area contributed by atoms with E-state index in [1.807, 2.05) is 32.9 Å². The maximum atomic E-state index is 8.26. The number of amidine groups is 1. The molecule has 1 fully saturated rings. The summed E-state index contributed by atoms with van der Waals surface area (Å²) in [5.74, 6) is 0.644. The second kappa shape index (κ2) is 11.7. The zero-order chi connectivity index (χ0) is 17.1. The summed E-state index contributed by atoms with van der Waals surface area (Å²) >= 11 is 3.55. The molecule has 1 heterocycles. The van der Waals surface area contributed by atoms with Gasteiger partial charge in [-0.05, 0) is 45.0 Å². The molecule has 0 unspecified atom stereocenters. The number of piperazine rings is 1. The Kier molecular flexibility index (Phi) is 11.2. The third-order valence-corrected chi connectivity index (χ3v) is 4.12. The predicted molar refractivity (Wildman–Crippen MR) is 103 cm³/mol. The van der Waals surface area contributed by atoms with Crippen molar-refractivity contribution in [3.8, 4) is 0 Å². The van der Waals surface area contributed by atoms with E-state index in [0.717, 1.165) is 42.7 Å². The SMILES string of the molecule is CC.CC/C(C)=C/C(Br)=C\C=C(/C)C(=N)N1CCN(C)CC1. The zero-order valence-corrected chi connectivity index (χ0v) is 16.6. The molecule has 1 rings (SSSR count). The highest BCUT2D eigenvalue weighted by atomic mass is 79.9. The Bertz CT molecular complexity index is 428. The minimum absolute atomic E-state index is 0.644. The molecule has 1 aliphatic rings. The van der Waals surface area contributed by atoms with E-state index >= 15 is 0 Å². The largest absolute Gasteiger partial charge is 0.354 e. The molecule has 1 saturated heterocycles. The van der Waals surface area contributed by atoms with Crippen LogP contribution in [-0.2, 0) is 0 Å². The average molecular weight is 370 g/mol. The van der Waals surface area contributed by atoms with E-state index < -0.39 is 0 Å². The second-order valence-corrected chi connectivity index (χ2v) is 6.30. The smallest absolute Gasteiger partial charge is 0.123 e. The van der Waals surface area contributed by atoms with Crippen LogP contribution in [-0.4, -0.2) is 48.9 Å². The number of halogens is 1. The van der Waals surface area contributed by atoms with Crippen LogP contribution in [0.3, 0.4) is 0 Å². The molecule has 1 N–H and O–H groups in total. The molecule has 0 amide bonds. The lowest BCUT2D eigenvalue weighted by atomic mass is 10.2. The number of allylic oxidation sites excluding steroid dienone is 5. The highest BCUT2D eigenvalue weighted by molar-refractivity contribution is 9.11. The van der Waals surface area contributed by atoms with Crippen molar-refractivity contribution in [2.75, 3.05) is 33.2 Å². The van der Waals surface area contributed by atoms with Crippen LogP contribution in [0.2, 0.25) is 0 Å². The molecule has 0 saturated carbocycles. The number of nitrogens with zero attached hydrogens (tertiary/aromatic N) is 2. The van der Waals surface area contributed by atoms with E-state index in [-0.39, 0.29) is 0 Å². The van der Waals surface area contributed by atoms with Gasteiger partial charge in [0.2, 0.25) is 0 Å². The first-order valence-corrected chi connectivity index (χ1v) is 8.97. The van der Waals surface area contributed by atoms with E-state index in [9.17, 15) is 0 Å². The van der Waals surface area contributed by atoms with Gasteiger partial charge in [-0.2, -0.15) is 0 Å². The van der Waals surface area contributed by atoms with Gasteiger partial charge < -0.3 is 9.80 Å². The Morgan fingerprint density at radius 2 is 1.64 bits per heavy atom. The first-order chi connectivity index (χ1) is 10.4. The maximum absolute atomic E-state index is 8.26.